The fourth-order valence-corrected chi connectivity index (χ4v) is 4.33. The molecule has 5 rings (SSSR count). The predicted octanol–water partition coefficient (Wildman–Crippen LogP) is 4.51. The molecule has 8 nitrogen and oxygen atoms in total. The van der Waals surface area contributed by atoms with E-state index in [1.807, 2.05) is 54.6 Å². The van der Waals surface area contributed by atoms with Crippen LogP contribution in [-0.2, 0) is 0 Å². The van der Waals surface area contributed by atoms with Gasteiger partial charge in [-0.2, -0.15) is 15.6 Å². The van der Waals surface area contributed by atoms with Gasteiger partial charge in [0.2, 0.25) is 0 Å². The zero-order valence-corrected chi connectivity index (χ0v) is 18.0. The average Bonchev–Trinajstić information content (AvgIpc) is 3.54. The number of furan rings is 1. The number of hydrogen-bond acceptors (Lipinski definition) is 8. The Morgan fingerprint density at radius 2 is 1.88 bits per heavy atom. The second-order valence-electron chi connectivity index (χ2n) is 7.25. The van der Waals surface area contributed by atoms with Gasteiger partial charge in [0.15, 0.2) is 10.2 Å². The highest BCUT2D eigenvalue weighted by Crippen LogP contribution is 2.31. The van der Waals surface area contributed by atoms with E-state index in [9.17, 15) is 10.5 Å². The highest BCUT2D eigenvalue weighted by molar-refractivity contribution is 7.99. The number of imidazole rings is 1. The number of hydrazone groups is 1. The summed E-state index contributed by atoms with van der Waals surface area (Å²) in [6, 6.07) is 25.0. The number of nitriles is 2. The van der Waals surface area contributed by atoms with Crippen LogP contribution in [0.15, 0.2) is 92.1 Å². The van der Waals surface area contributed by atoms with Gasteiger partial charge in [0.1, 0.15) is 23.9 Å². The molecule has 9 heteroatoms. The van der Waals surface area contributed by atoms with Crippen LogP contribution >= 0.6 is 11.8 Å². The minimum absolute atomic E-state index is 0.227. The van der Waals surface area contributed by atoms with Crippen molar-refractivity contribution in [1.29, 1.82) is 10.5 Å². The first-order valence-corrected chi connectivity index (χ1v) is 10.9. The maximum absolute atomic E-state index is 9.80. The van der Waals surface area contributed by atoms with Crippen molar-refractivity contribution in [3.05, 3.63) is 78.1 Å². The molecule has 0 bridgehead atoms. The number of hydrogen-bond donors (Lipinski definition) is 2. The Morgan fingerprint density at radius 3 is 2.64 bits per heavy atom. The molecule has 0 saturated heterocycles. The first kappa shape index (κ1) is 20.6. The SMILES string of the molecule is N#C/C(=C/c1ccc(Sc2nc3ccccc3[nH]2)o1)C1=NN(c2ccccc2)[C@H](N)[C@H]1C#N. The highest BCUT2D eigenvalue weighted by atomic mass is 32.2. The van der Waals surface area contributed by atoms with Crippen LogP contribution in [0.4, 0.5) is 5.69 Å². The van der Waals surface area contributed by atoms with E-state index in [1.54, 1.807) is 23.2 Å². The normalized spacial score (nSPS) is 18.2. The summed E-state index contributed by atoms with van der Waals surface area (Å²) < 4.78 is 5.88. The van der Waals surface area contributed by atoms with Gasteiger partial charge in [-0.3, -0.25) is 0 Å². The molecule has 0 radical (unpaired) electrons. The van der Waals surface area contributed by atoms with Crippen molar-refractivity contribution in [1.82, 2.24) is 9.97 Å². The lowest BCUT2D eigenvalue weighted by atomic mass is 9.96. The minimum Gasteiger partial charge on any atom is -0.450 e. The van der Waals surface area contributed by atoms with Gasteiger partial charge in [0.25, 0.3) is 0 Å². The molecular formula is C24H17N7OS. The standard InChI is InChI=1S/C24H17N7OS/c25-13-15(22-18(14-26)23(27)31(30-22)16-6-2-1-3-7-16)12-17-10-11-21(32-17)33-24-28-19-8-4-5-9-20(19)29-24/h1-12,18,23H,27H2,(H,28,29)/b15-12-/t18-,23-/m0/s1. The third-order valence-electron chi connectivity index (χ3n) is 5.14. The number of fused-ring (bicyclic) bond motifs is 1. The van der Waals surface area contributed by atoms with Crippen LogP contribution in [0.5, 0.6) is 0 Å². The van der Waals surface area contributed by atoms with E-state index in [0.717, 1.165) is 16.7 Å². The van der Waals surface area contributed by atoms with E-state index in [1.165, 1.54) is 11.8 Å². The van der Waals surface area contributed by atoms with Gasteiger partial charge in [0, 0.05) is 6.08 Å². The number of anilines is 1. The fraction of sp³-hybridized carbons (Fsp3) is 0.0833. The molecule has 3 N–H and O–H groups in total. The van der Waals surface area contributed by atoms with Crippen molar-refractivity contribution < 1.29 is 4.42 Å². The Bertz CT molecular complexity index is 1420. The Morgan fingerprint density at radius 1 is 1.09 bits per heavy atom. The van der Waals surface area contributed by atoms with Crippen molar-refractivity contribution in [3.8, 4) is 12.1 Å². The largest absolute Gasteiger partial charge is 0.450 e. The Labute approximate surface area is 193 Å². The highest BCUT2D eigenvalue weighted by Gasteiger charge is 2.37. The summed E-state index contributed by atoms with van der Waals surface area (Å²) in [6.45, 7) is 0. The molecule has 4 aromatic rings. The minimum atomic E-state index is -0.754. The number of para-hydroxylation sites is 3. The second-order valence-corrected chi connectivity index (χ2v) is 8.24. The van der Waals surface area contributed by atoms with Crippen molar-refractivity contribution in [2.45, 2.75) is 16.4 Å². The number of nitrogens with one attached hydrogen (secondary N) is 1. The third-order valence-corrected chi connectivity index (χ3v) is 5.95. The van der Waals surface area contributed by atoms with E-state index in [-0.39, 0.29) is 5.57 Å². The quantitative estimate of drug-likeness (QED) is 0.427. The summed E-state index contributed by atoms with van der Waals surface area (Å²) in [4.78, 5) is 7.77. The third kappa shape index (κ3) is 3.99. The lowest BCUT2D eigenvalue weighted by Gasteiger charge is -2.21. The van der Waals surface area contributed by atoms with E-state index in [4.69, 9.17) is 10.2 Å². The van der Waals surface area contributed by atoms with Gasteiger partial charge in [0.05, 0.1) is 34.1 Å². The number of aromatic nitrogens is 2. The summed E-state index contributed by atoms with van der Waals surface area (Å²) in [5.41, 5.74) is 9.39. The van der Waals surface area contributed by atoms with Crippen LogP contribution in [0, 0.1) is 28.6 Å². The van der Waals surface area contributed by atoms with Crippen molar-refractivity contribution >= 4 is 40.3 Å². The summed E-state index contributed by atoms with van der Waals surface area (Å²) in [5, 5.41) is 26.9. The van der Waals surface area contributed by atoms with Crippen molar-refractivity contribution in [3.63, 3.8) is 0 Å². The molecule has 160 valence electrons. The molecule has 0 saturated carbocycles. The summed E-state index contributed by atoms with van der Waals surface area (Å²) in [6.07, 6.45) is 0.882. The topological polar surface area (TPSA) is 131 Å². The smallest absolute Gasteiger partial charge is 0.174 e. The molecule has 0 amide bonds. The first-order chi connectivity index (χ1) is 16.2. The molecule has 2 aromatic carbocycles. The molecule has 0 unspecified atom stereocenters. The lowest BCUT2D eigenvalue weighted by Crippen LogP contribution is -2.40. The van der Waals surface area contributed by atoms with Gasteiger partial charge in [-0.15, -0.1) is 0 Å². The summed E-state index contributed by atoms with van der Waals surface area (Å²) in [5.74, 6) is -0.285. The number of aromatic amines is 1. The number of allylic oxidation sites excluding steroid dienone is 1. The predicted molar refractivity (Wildman–Crippen MR) is 126 cm³/mol. The number of rotatable bonds is 5. The van der Waals surface area contributed by atoms with Gasteiger partial charge in [-0.25, -0.2) is 9.99 Å². The molecule has 1 aliphatic heterocycles. The zero-order valence-electron chi connectivity index (χ0n) is 17.2. The Hall–Kier alpha value is -4.31. The number of nitrogens with zero attached hydrogens (tertiary/aromatic N) is 5. The van der Waals surface area contributed by atoms with E-state index in [0.29, 0.717) is 21.7 Å². The molecule has 0 fully saturated rings. The number of H-pyrrole nitrogens is 1. The lowest BCUT2D eigenvalue weighted by molar-refractivity contribution is 0.466. The number of benzene rings is 2. The van der Waals surface area contributed by atoms with Crippen LogP contribution in [0.25, 0.3) is 17.1 Å². The molecule has 33 heavy (non-hydrogen) atoms. The Balaban J connectivity index is 1.41. The van der Waals surface area contributed by atoms with E-state index in [2.05, 4.69) is 27.2 Å². The first-order valence-electron chi connectivity index (χ1n) is 10.1. The number of nitrogens with two attached hydrogens (primary N) is 1. The average molecular weight is 452 g/mol. The van der Waals surface area contributed by atoms with Crippen LogP contribution in [0.1, 0.15) is 5.76 Å². The second kappa shape index (κ2) is 8.67. The molecule has 2 aromatic heterocycles. The van der Waals surface area contributed by atoms with E-state index >= 15 is 0 Å². The monoisotopic (exact) mass is 451 g/mol. The summed E-state index contributed by atoms with van der Waals surface area (Å²) in [7, 11) is 0. The van der Waals surface area contributed by atoms with E-state index < -0.39 is 12.1 Å². The molecule has 0 spiro atoms. The Kier molecular flexibility index (Phi) is 5.41. The summed E-state index contributed by atoms with van der Waals surface area (Å²) >= 11 is 1.35. The van der Waals surface area contributed by atoms with Gasteiger partial charge < -0.3 is 15.1 Å². The van der Waals surface area contributed by atoms with Crippen LogP contribution in [0.2, 0.25) is 0 Å². The van der Waals surface area contributed by atoms with Crippen molar-refractivity contribution in [2.24, 2.45) is 16.8 Å². The molecule has 0 aliphatic carbocycles. The fourth-order valence-electron chi connectivity index (χ4n) is 3.56. The van der Waals surface area contributed by atoms with Crippen LogP contribution < -0.4 is 10.7 Å². The van der Waals surface area contributed by atoms with Crippen molar-refractivity contribution in [2.75, 3.05) is 5.01 Å². The van der Waals surface area contributed by atoms with Crippen LogP contribution in [0.3, 0.4) is 0 Å². The molecule has 3 heterocycles. The molecule has 2 atom stereocenters. The van der Waals surface area contributed by atoms with Gasteiger partial charge in [-0.1, -0.05) is 30.3 Å². The van der Waals surface area contributed by atoms with Gasteiger partial charge in [-0.05, 0) is 48.2 Å². The van der Waals surface area contributed by atoms with Crippen LogP contribution in [-0.4, -0.2) is 21.8 Å². The maximum atomic E-state index is 9.80. The van der Waals surface area contributed by atoms with Gasteiger partial charge >= 0.3 is 0 Å². The molecular weight excluding hydrogens is 434 g/mol. The zero-order chi connectivity index (χ0) is 22.8. The maximum Gasteiger partial charge on any atom is 0.174 e. The molecule has 1 aliphatic rings.